The molecule has 5 fully saturated rings. The van der Waals surface area contributed by atoms with Gasteiger partial charge in [-0.25, -0.2) is 0 Å². The summed E-state index contributed by atoms with van der Waals surface area (Å²) in [5.74, 6) is 1.39. The zero-order valence-corrected chi connectivity index (χ0v) is 19.5. The van der Waals surface area contributed by atoms with E-state index in [2.05, 4.69) is 18.7 Å². The van der Waals surface area contributed by atoms with Gasteiger partial charge in [-0.15, -0.1) is 0 Å². The summed E-state index contributed by atoms with van der Waals surface area (Å²) >= 11 is 0. The highest BCUT2D eigenvalue weighted by Crippen LogP contribution is 3.10. The minimum atomic E-state index is -1.31. The van der Waals surface area contributed by atoms with Crippen molar-refractivity contribution in [2.75, 3.05) is 111 Å². The molecule has 160 valence electrons. The molecule has 0 aromatic carbocycles. The molecule has 0 radical (unpaired) electrons. The highest BCUT2D eigenvalue weighted by atomic mass is 32.5. The van der Waals surface area contributed by atoms with Crippen LogP contribution >= 0.6 is 22.5 Å². The average molecular weight is 451 g/mol. The van der Waals surface area contributed by atoms with E-state index in [0.29, 0.717) is 0 Å². The lowest BCUT2D eigenvalue weighted by atomic mass is 10.5. The number of hydrogen-bond acceptors (Lipinski definition) is 8. The normalized spacial score (nSPS) is 33.4. The van der Waals surface area contributed by atoms with Crippen molar-refractivity contribution < 1.29 is 18.9 Å². The molecule has 5 heterocycles. The van der Waals surface area contributed by atoms with Gasteiger partial charge < -0.3 is 18.9 Å². The lowest BCUT2D eigenvalue weighted by Gasteiger charge is -2.66. The Kier molecular flexibility index (Phi) is 6.87. The zero-order chi connectivity index (χ0) is 18.9. The predicted molar refractivity (Wildman–Crippen MR) is 115 cm³/mol. The van der Waals surface area contributed by atoms with Crippen LogP contribution in [0.2, 0.25) is 0 Å². The van der Waals surface area contributed by atoms with Crippen molar-refractivity contribution in [3.63, 3.8) is 0 Å². The molecule has 8 nitrogen and oxygen atoms in total. The third kappa shape index (κ3) is 3.82. The molecule has 0 spiro atoms. The molecule has 5 rings (SSSR count). The molecule has 5 saturated heterocycles. The fourth-order valence-corrected chi connectivity index (χ4v) is 30.0. The minimum Gasteiger partial charge on any atom is -0.379 e. The van der Waals surface area contributed by atoms with E-state index in [1.165, 1.54) is 5.90 Å². The molecule has 0 N–H and O–H groups in total. The van der Waals surface area contributed by atoms with Crippen molar-refractivity contribution in [2.45, 2.75) is 0 Å². The van der Waals surface area contributed by atoms with Gasteiger partial charge in [-0.05, 0) is 7.96 Å². The molecule has 0 aromatic heterocycles. The van der Waals surface area contributed by atoms with Crippen LogP contribution < -0.4 is 0 Å². The molecule has 11 heteroatoms. The molecule has 0 aromatic rings. The maximum absolute atomic E-state index is 5.72. The second-order valence-electron chi connectivity index (χ2n) is 7.88. The van der Waals surface area contributed by atoms with Gasteiger partial charge in [0.2, 0.25) is 0 Å². The summed E-state index contributed by atoms with van der Waals surface area (Å²) in [6.45, 7) is 15.9. The van der Waals surface area contributed by atoms with Gasteiger partial charge in [-0.2, -0.15) is 18.7 Å². The quantitative estimate of drug-likeness (QED) is 0.600. The van der Waals surface area contributed by atoms with Crippen LogP contribution in [0.3, 0.4) is 0 Å². The standard InChI is InChI=1S/C17H34N4O4P3/c1-9-22-10-2-18(1)27(19-3-11-23-12-4-19)17-28(26-27,20-5-13-24-14-6-20)21-7-15-25-16-8-21/h1-17H2/q+1. The van der Waals surface area contributed by atoms with Crippen molar-refractivity contribution >= 4 is 22.5 Å². The number of nitrogens with zero attached hydrogens (tertiary/aromatic N) is 4. The molecule has 5 aliphatic heterocycles. The summed E-state index contributed by atoms with van der Waals surface area (Å²) in [5.41, 5.74) is 0. The maximum Gasteiger partial charge on any atom is 0.175 e. The van der Waals surface area contributed by atoms with Crippen LogP contribution in [-0.2, 0) is 18.9 Å². The van der Waals surface area contributed by atoms with Gasteiger partial charge in [0.15, 0.2) is 5.90 Å². The first-order chi connectivity index (χ1) is 13.8. The fraction of sp³-hybridized carbons (Fsp3) is 1.00. The summed E-state index contributed by atoms with van der Waals surface area (Å²) in [6.07, 6.45) is 0. The Bertz CT molecular complexity index is 435. The molecular formula is C17H34N4O4P3+. The molecule has 0 atom stereocenters. The highest BCUT2D eigenvalue weighted by molar-refractivity contribution is 8.69. The highest BCUT2D eigenvalue weighted by Gasteiger charge is 2.69. The van der Waals surface area contributed by atoms with E-state index in [4.69, 9.17) is 18.9 Å². The van der Waals surface area contributed by atoms with E-state index in [0.717, 1.165) is 105 Å². The summed E-state index contributed by atoms with van der Waals surface area (Å²) in [6, 6.07) is 0. The number of ether oxygens (including phenoxy) is 4. The van der Waals surface area contributed by atoms with Gasteiger partial charge in [0, 0.05) is 0 Å². The summed E-state index contributed by atoms with van der Waals surface area (Å²) in [4.78, 5) is 0. The molecule has 0 aliphatic carbocycles. The van der Waals surface area contributed by atoms with Crippen LogP contribution in [0.1, 0.15) is 0 Å². The summed E-state index contributed by atoms with van der Waals surface area (Å²) < 4.78 is 34.3. The van der Waals surface area contributed by atoms with Gasteiger partial charge in [-0.1, -0.05) is 0 Å². The average Bonchev–Trinajstić information content (AvgIpc) is 2.76. The van der Waals surface area contributed by atoms with Gasteiger partial charge >= 0.3 is 0 Å². The van der Waals surface area contributed by atoms with Crippen LogP contribution in [0.5, 0.6) is 0 Å². The van der Waals surface area contributed by atoms with Crippen LogP contribution in [0.15, 0.2) is 0 Å². The van der Waals surface area contributed by atoms with E-state index in [-0.39, 0.29) is 0 Å². The van der Waals surface area contributed by atoms with Gasteiger partial charge in [0.1, 0.15) is 0 Å². The minimum absolute atomic E-state index is 0.891. The monoisotopic (exact) mass is 451 g/mol. The molecule has 0 bridgehead atoms. The van der Waals surface area contributed by atoms with E-state index in [9.17, 15) is 0 Å². The van der Waals surface area contributed by atoms with Crippen molar-refractivity contribution in [1.82, 2.24) is 18.7 Å². The van der Waals surface area contributed by atoms with Crippen molar-refractivity contribution in [1.29, 1.82) is 0 Å². The Balaban J connectivity index is 1.42. The molecule has 0 amide bonds. The number of rotatable bonds is 4. The number of hydrogen-bond donors (Lipinski definition) is 0. The third-order valence-electron chi connectivity index (χ3n) is 6.43. The van der Waals surface area contributed by atoms with Gasteiger partial charge in [0.25, 0.3) is 0 Å². The van der Waals surface area contributed by atoms with Gasteiger partial charge in [0.05, 0.1) is 120 Å². The zero-order valence-electron chi connectivity index (χ0n) is 16.8. The van der Waals surface area contributed by atoms with E-state index < -0.39 is 14.5 Å². The maximum atomic E-state index is 5.72. The Morgan fingerprint density at radius 3 is 0.857 bits per heavy atom. The first-order valence-electron chi connectivity index (χ1n) is 10.7. The smallest absolute Gasteiger partial charge is 0.175 e. The topological polar surface area (TPSA) is 49.9 Å². The lowest BCUT2D eigenvalue weighted by Crippen LogP contribution is -2.53. The second-order valence-corrected chi connectivity index (χ2v) is 20.2. The van der Waals surface area contributed by atoms with Crippen LogP contribution in [0, 0.1) is 0 Å². The van der Waals surface area contributed by atoms with Gasteiger partial charge in [-0.3, -0.25) is 0 Å². The molecule has 0 saturated carbocycles. The van der Waals surface area contributed by atoms with Crippen molar-refractivity contribution in [3.05, 3.63) is 0 Å². The fourth-order valence-electron chi connectivity index (χ4n) is 4.91. The lowest BCUT2D eigenvalue weighted by molar-refractivity contribution is 0.0542. The number of morpholine rings is 4. The molecular weight excluding hydrogens is 417 g/mol. The van der Waals surface area contributed by atoms with Crippen LogP contribution in [0.25, 0.3) is 0 Å². The van der Waals surface area contributed by atoms with Crippen LogP contribution in [0.4, 0.5) is 0 Å². The Hall–Kier alpha value is 0.970. The second kappa shape index (κ2) is 9.22. The molecule has 0 unspecified atom stereocenters. The largest absolute Gasteiger partial charge is 0.379 e. The first kappa shape index (κ1) is 20.8. The van der Waals surface area contributed by atoms with Crippen molar-refractivity contribution in [2.24, 2.45) is 0 Å². The summed E-state index contributed by atoms with van der Waals surface area (Å²) in [7, 11) is -0.889. The Labute approximate surface area is 171 Å². The Morgan fingerprint density at radius 2 is 0.643 bits per heavy atom. The first-order valence-corrected chi connectivity index (χ1v) is 16.7. The van der Waals surface area contributed by atoms with E-state index in [1.54, 1.807) is 7.96 Å². The predicted octanol–water partition coefficient (Wildman–Crippen LogP) is 1.76. The summed E-state index contributed by atoms with van der Waals surface area (Å²) in [5, 5.41) is 0. The molecule has 5 aliphatic rings. The SMILES string of the molecule is C1CN([P+]2(N3CCOCC3)C[P+](N3CCOCC3)(N3CCOCC3)[P-]2)CCO1. The van der Waals surface area contributed by atoms with E-state index >= 15 is 0 Å². The van der Waals surface area contributed by atoms with Crippen LogP contribution in [-0.4, -0.2) is 130 Å². The van der Waals surface area contributed by atoms with Crippen molar-refractivity contribution in [3.8, 4) is 0 Å². The Morgan fingerprint density at radius 1 is 0.429 bits per heavy atom. The third-order valence-corrected chi connectivity index (χ3v) is 27.4. The van der Waals surface area contributed by atoms with E-state index in [1.807, 2.05) is 0 Å². The molecule has 28 heavy (non-hydrogen) atoms.